The quantitative estimate of drug-likeness (QED) is 0.510. The minimum absolute atomic E-state index is 0.00218. The Balaban J connectivity index is 2.38. The van der Waals surface area contributed by atoms with Gasteiger partial charge in [0.1, 0.15) is 0 Å². The van der Waals surface area contributed by atoms with Crippen molar-refractivity contribution >= 4 is 17.3 Å². The second kappa shape index (κ2) is 9.19. The Kier molecular flexibility index (Phi) is 7.94. The summed E-state index contributed by atoms with van der Waals surface area (Å²) >= 11 is 5.87. The maximum atomic E-state index is 12.9. The van der Waals surface area contributed by atoms with Crippen molar-refractivity contribution in [3.05, 3.63) is 28.8 Å². The Morgan fingerprint density at radius 1 is 1.00 bits per heavy atom. The van der Waals surface area contributed by atoms with Crippen molar-refractivity contribution in [3.63, 3.8) is 0 Å². The van der Waals surface area contributed by atoms with E-state index in [1.54, 1.807) is 0 Å². The molecule has 0 saturated heterocycles. The van der Waals surface area contributed by atoms with Gasteiger partial charge in [-0.2, -0.15) is 13.2 Å². The smallest absolute Gasteiger partial charge is 0.383 e. The minimum Gasteiger partial charge on any atom is -0.383 e. The lowest BCUT2D eigenvalue weighted by molar-refractivity contribution is -0.136. The SMILES string of the molecule is CCCCCCCCCNc1c(Cl)cccc1C(F)(F)F. The van der Waals surface area contributed by atoms with Crippen molar-refractivity contribution in [1.82, 2.24) is 0 Å². The molecule has 21 heavy (non-hydrogen) atoms. The lowest BCUT2D eigenvalue weighted by Crippen LogP contribution is -2.12. The average Bonchev–Trinajstić information content (AvgIpc) is 2.42. The number of hydrogen-bond donors (Lipinski definition) is 1. The molecule has 0 amide bonds. The zero-order valence-electron chi connectivity index (χ0n) is 12.4. The molecule has 0 atom stereocenters. The highest BCUT2D eigenvalue weighted by Crippen LogP contribution is 2.38. The van der Waals surface area contributed by atoms with Crippen LogP contribution in [0.15, 0.2) is 18.2 Å². The molecule has 0 radical (unpaired) electrons. The molecule has 1 nitrogen and oxygen atoms in total. The molecule has 0 aliphatic carbocycles. The summed E-state index contributed by atoms with van der Waals surface area (Å²) in [4.78, 5) is 0. The summed E-state index contributed by atoms with van der Waals surface area (Å²) in [6.45, 7) is 2.69. The number of nitrogens with one attached hydrogen (secondary N) is 1. The van der Waals surface area contributed by atoms with Crippen LogP contribution in [0.2, 0.25) is 5.02 Å². The van der Waals surface area contributed by atoms with Gasteiger partial charge in [-0.1, -0.05) is 63.1 Å². The Morgan fingerprint density at radius 3 is 2.24 bits per heavy atom. The number of benzene rings is 1. The molecule has 0 saturated carbocycles. The van der Waals surface area contributed by atoms with Gasteiger partial charge in [0, 0.05) is 6.54 Å². The third-order valence-corrected chi connectivity index (χ3v) is 3.72. The first-order valence-corrected chi connectivity index (χ1v) is 7.94. The van der Waals surface area contributed by atoms with E-state index in [4.69, 9.17) is 11.6 Å². The summed E-state index contributed by atoms with van der Waals surface area (Å²) in [5, 5.41) is 2.96. The molecule has 0 bridgehead atoms. The van der Waals surface area contributed by atoms with Crippen LogP contribution in [0.25, 0.3) is 0 Å². The van der Waals surface area contributed by atoms with Crippen LogP contribution in [-0.2, 0) is 6.18 Å². The maximum absolute atomic E-state index is 12.9. The first-order valence-electron chi connectivity index (χ1n) is 7.56. The zero-order chi connectivity index (χ0) is 15.7. The van der Waals surface area contributed by atoms with E-state index in [0.29, 0.717) is 6.54 Å². The third-order valence-electron chi connectivity index (χ3n) is 3.40. The molecule has 0 fully saturated rings. The van der Waals surface area contributed by atoms with E-state index in [1.807, 2.05) is 0 Å². The van der Waals surface area contributed by atoms with Gasteiger partial charge >= 0.3 is 6.18 Å². The Morgan fingerprint density at radius 2 is 1.62 bits per heavy atom. The van der Waals surface area contributed by atoms with Crippen molar-refractivity contribution in [2.75, 3.05) is 11.9 Å². The molecule has 1 aromatic rings. The Hall–Kier alpha value is -0.900. The second-order valence-corrected chi connectivity index (χ2v) is 5.62. The summed E-state index contributed by atoms with van der Waals surface area (Å²) in [5.74, 6) is 0. The number of hydrogen-bond acceptors (Lipinski definition) is 1. The molecule has 0 aliphatic rings. The van der Waals surface area contributed by atoms with Crippen molar-refractivity contribution in [2.45, 2.75) is 58.0 Å². The van der Waals surface area contributed by atoms with Gasteiger partial charge in [0.05, 0.1) is 16.3 Å². The van der Waals surface area contributed by atoms with Gasteiger partial charge in [0.2, 0.25) is 0 Å². The fraction of sp³-hybridized carbons (Fsp3) is 0.625. The third kappa shape index (κ3) is 6.60. The fourth-order valence-electron chi connectivity index (χ4n) is 2.24. The fourth-order valence-corrected chi connectivity index (χ4v) is 2.48. The van der Waals surface area contributed by atoms with Gasteiger partial charge in [0.25, 0.3) is 0 Å². The molecule has 1 rings (SSSR count). The number of para-hydroxylation sites is 1. The van der Waals surface area contributed by atoms with E-state index in [1.165, 1.54) is 37.8 Å². The molecular formula is C16H23ClF3N. The van der Waals surface area contributed by atoms with Gasteiger partial charge in [-0.25, -0.2) is 0 Å². The summed E-state index contributed by atoms with van der Waals surface area (Å²) in [7, 11) is 0. The lowest BCUT2D eigenvalue weighted by Gasteiger charge is -2.15. The first-order chi connectivity index (χ1) is 9.96. The monoisotopic (exact) mass is 321 g/mol. The number of anilines is 1. The van der Waals surface area contributed by atoms with Gasteiger partial charge < -0.3 is 5.32 Å². The summed E-state index contributed by atoms with van der Waals surface area (Å²) in [5.41, 5.74) is -0.699. The molecule has 120 valence electrons. The molecule has 0 heterocycles. The molecule has 0 spiro atoms. The van der Waals surface area contributed by atoms with Crippen LogP contribution in [0.1, 0.15) is 57.4 Å². The minimum atomic E-state index is -4.38. The highest BCUT2D eigenvalue weighted by Gasteiger charge is 2.34. The Labute approximate surface area is 129 Å². The van der Waals surface area contributed by atoms with Crippen LogP contribution in [0.3, 0.4) is 0 Å². The van der Waals surface area contributed by atoms with E-state index >= 15 is 0 Å². The number of alkyl halides is 3. The van der Waals surface area contributed by atoms with Crippen molar-refractivity contribution in [1.29, 1.82) is 0 Å². The van der Waals surface area contributed by atoms with Crippen LogP contribution in [-0.4, -0.2) is 6.54 Å². The predicted octanol–water partition coefficient (Wildman–Crippen LogP) is 6.52. The normalized spacial score (nSPS) is 11.7. The average molecular weight is 322 g/mol. The summed E-state index contributed by atoms with van der Waals surface area (Å²) < 4.78 is 38.6. The molecule has 1 aromatic carbocycles. The highest BCUT2D eigenvalue weighted by molar-refractivity contribution is 6.33. The second-order valence-electron chi connectivity index (χ2n) is 5.21. The van der Waals surface area contributed by atoms with Crippen LogP contribution in [0.5, 0.6) is 0 Å². The number of halogens is 4. The van der Waals surface area contributed by atoms with Crippen LogP contribution < -0.4 is 5.32 Å². The van der Waals surface area contributed by atoms with Crippen LogP contribution >= 0.6 is 11.6 Å². The van der Waals surface area contributed by atoms with E-state index in [2.05, 4.69) is 12.2 Å². The first kappa shape index (κ1) is 18.1. The van der Waals surface area contributed by atoms with E-state index in [0.717, 1.165) is 25.3 Å². The number of unbranched alkanes of at least 4 members (excludes halogenated alkanes) is 6. The van der Waals surface area contributed by atoms with Crippen molar-refractivity contribution in [2.24, 2.45) is 0 Å². The lowest BCUT2D eigenvalue weighted by atomic mass is 10.1. The van der Waals surface area contributed by atoms with Gasteiger partial charge in [-0.15, -0.1) is 0 Å². The molecule has 0 aliphatic heterocycles. The highest BCUT2D eigenvalue weighted by atomic mass is 35.5. The molecule has 1 N–H and O–H groups in total. The van der Waals surface area contributed by atoms with Crippen LogP contribution in [0.4, 0.5) is 18.9 Å². The maximum Gasteiger partial charge on any atom is 0.418 e. The van der Waals surface area contributed by atoms with E-state index in [-0.39, 0.29) is 10.7 Å². The molecule has 5 heteroatoms. The van der Waals surface area contributed by atoms with Gasteiger partial charge in [-0.05, 0) is 18.6 Å². The van der Waals surface area contributed by atoms with Crippen LogP contribution in [0, 0.1) is 0 Å². The zero-order valence-corrected chi connectivity index (χ0v) is 13.2. The predicted molar refractivity (Wildman–Crippen MR) is 82.9 cm³/mol. The molecular weight excluding hydrogens is 299 g/mol. The topological polar surface area (TPSA) is 12.0 Å². The standard InChI is InChI=1S/C16H23ClF3N/c1-2-3-4-5-6-7-8-12-21-15-13(16(18,19)20)10-9-11-14(15)17/h9-11,21H,2-8,12H2,1H3. The molecule has 0 aromatic heterocycles. The van der Waals surface area contributed by atoms with Crippen molar-refractivity contribution in [3.8, 4) is 0 Å². The van der Waals surface area contributed by atoms with Gasteiger partial charge in [0.15, 0.2) is 0 Å². The Bertz CT molecular complexity index is 418. The molecule has 0 unspecified atom stereocenters. The number of rotatable bonds is 9. The van der Waals surface area contributed by atoms with Gasteiger partial charge in [-0.3, -0.25) is 0 Å². The van der Waals surface area contributed by atoms with Crippen molar-refractivity contribution < 1.29 is 13.2 Å². The van der Waals surface area contributed by atoms with E-state index in [9.17, 15) is 13.2 Å². The summed E-state index contributed by atoms with van der Waals surface area (Å²) in [6, 6.07) is 3.85. The largest absolute Gasteiger partial charge is 0.418 e. The van der Waals surface area contributed by atoms with E-state index < -0.39 is 11.7 Å². The summed E-state index contributed by atoms with van der Waals surface area (Å²) in [6.07, 6.45) is 3.56.